The first-order valence-electron chi connectivity index (χ1n) is 6.58. The van der Waals surface area contributed by atoms with Crippen molar-refractivity contribution < 1.29 is 4.79 Å². The van der Waals surface area contributed by atoms with E-state index in [1.165, 1.54) is 5.39 Å². The van der Waals surface area contributed by atoms with Crippen molar-refractivity contribution in [3.05, 3.63) is 30.0 Å². The predicted molar refractivity (Wildman–Crippen MR) is 75.5 cm³/mol. The van der Waals surface area contributed by atoms with Crippen molar-refractivity contribution in [1.29, 1.82) is 0 Å². The van der Waals surface area contributed by atoms with Gasteiger partial charge in [0.05, 0.1) is 11.2 Å². The number of benzene rings is 1. The van der Waals surface area contributed by atoms with Crippen molar-refractivity contribution in [2.24, 2.45) is 12.8 Å². The van der Waals surface area contributed by atoms with Crippen molar-refractivity contribution in [3.63, 3.8) is 0 Å². The van der Waals surface area contributed by atoms with E-state index < -0.39 is 0 Å². The molecule has 0 saturated carbocycles. The Hall–Kier alpha value is -1.88. The zero-order valence-electron chi connectivity index (χ0n) is 11.2. The maximum atomic E-state index is 10.6. The van der Waals surface area contributed by atoms with E-state index in [9.17, 15) is 4.79 Å². The van der Waals surface area contributed by atoms with Crippen LogP contribution >= 0.6 is 0 Å². The second-order valence-electron chi connectivity index (χ2n) is 4.69. The molecule has 2 aromatic rings. The summed E-state index contributed by atoms with van der Waals surface area (Å²) in [4.78, 5) is 10.6. The summed E-state index contributed by atoms with van der Waals surface area (Å²) in [7, 11) is 1.96. The Labute approximate surface area is 112 Å². The molecule has 0 aliphatic carbocycles. The average molecular weight is 260 g/mol. The van der Waals surface area contributed by atoms with Gasteiger partial charge in [0.15, 0.2) is 0 Å². The fraction of sp³-hybridized carbons (Fsp3) is 0.429. The molecular weight excluding hydrogens is 240 g/mol. The van der Waals surface area contributed by atoms with E-state index >= 15 is 0 Å². The third kappa shape index (κ3) is 3.54. The molecule has 0 atom stereocenters. The molecule has 0 fully saturated rings. The van der Waals surface area contributed by atoms with Gasteiger partial charge in [-0.05, 0) is 25.5 Å². The van der Waals surface area contributed by atoms with Crippen LogP contribution in [0.2, 0.25) is 0 Å². The van der Waals surface area contributed by atoms with Gasteiger partial charge >= 0.3 is 0 Å². The minimum Gasteiger partial charge on any atom is -0.370 e. The molecule has 19 heavy (non-hydrogen) atoms. The summed E-state index contributed by atoms with van der Waals surface area (Å²) in [5, 5.41) is 9.06. The van der Waals surface area contributed by atoms with Crippen LogP contribution in [0.15, 0.2) is 24.3 Å². The summed E-state index contributed by atoms with van der Waals surface area (Å²) in [6.07, 6.45) is 2.26. The number of rotatable bonds is 7. The van der Waals surface area contributed by atoms with Gasteiger partial charge in [-0.2, -0.15) is 5.10 Å². The monoisotopic (exact) mass is 260 g/mol. The number of carbonyl (C=O) groups is 1. The Bertz CT molecular complexity index is 562. The SMILES string of the molecule is Cn1nc(CNCCCCC(N)=O)c2ccccc21. The third-order valence-corrected chi connectivity index (χ3v) is 3.15. The maximum Gasteiger partial charge on any atom is 0.217 e. The fourth-order valence-electron chi connectivity index (χ4n) is 2.18. The van der Waals surface area contributed by atoms with Crippen LogP contribution in [0.3, 0.4) is 0 Å². The molecule has 0 saturated heterocycles. The van der Waals surface area contributed by atoms with E-state index in [-0.39, 0.29) is 5.91 Å². The lowest BCUT2D eigenvalue weighted by Gasteiger charge is -2.02. The highest BCUT2D eigenvalue weighted by atomic mass is 16.1. The van der Waals surface area contributed by atoms with Gasteiger partial charge in [0.2, 0.25) is 5.91 Å². The largest absolute Gasteiger partial charge is 0.370 e. The Morgan fingerprint density at radius 1 is 1.37 bits per heavy atom. The first-order valence-corrected chi connectivity index (χ1v) is 6.58. The quantitative estimate of drug-likeness (QED) is 0.737. The predicted octanol–water partition coefficient (Wildman–Crippen LogP) is 1.32. The number of nitrogens with two attached hydrogens (primary N) is 1. The molecule has 0 aliphatic heterocycles. The number of nitrogens with one attached hydrogen (secondary N) is 1. The van der Waals surface area contributed by atoms with Crippen molar-refractivity contribution in [3.8, 4) is 0 Å². The van der Waals surface area contributed by atoms with Gasteiger partial charge in [0, 0.05) is 25.4 Å². The molecule has 2 rings (SSSR count). The minimum absolute atomic E-state index is 0.226. The number of hydrogen-bond donors (Lipinski definition) is 2. The number of fused-ring (bicyclic) bond motifs is 1. The highest BCUT2D eigenvalue weighted by Gasteiger charge is 2.06. The molecule has 1 heterocycles. The molecule has 1 aromatic carbocycles. The second kappa shape index (κ2) is 6.33. The summed E-state index contributed by atoms with van der Waals surface area (Å²) >= 11 is 0. The standard InChI is InChI=1S/C14H20N4O/c1-18-13-7-3-2-6-11(13)12(17-18)10-16-9-5-4-8-14(15)19/h2-3,6-7,16H,4-5,8-10H2,1H3,(H2,15,19). The van der Waals surface area contributed by atoms with Crippen LogP contribution in [-0.2, 0) is 18.4 Å². The second-order valence-corrected chi connectivity index (χ2v) is 4.69. The van der Waals surface area contributed by atoms with Crippen molar-refractivity contribution in [1.82, 2.24) is 15.1 Å². The lowest BCUT2D eigenvalue weighted by atomic mass is 10.2. The van der Waals surface area contributed by atoms with Gasteiger partial charge in [0.25, 0.3) is 0 Å². The number of hydrogen-bond acceptors (Lipinski definition) is 3. The van der Waals surface area contributed by atoms with Gasteiger partial charge in [-0.3, -0.25) is 9.48 Å². The van der Waals surface area contributed by atoms with Crippen LogP contribution in [0.5, 0.6) is 0 Å². The van der Waals surface area contributed by atoms with E-state index in [4.69, 9.17) is 5.73 Å². The molecule has 1 aromatic heterocycles. The number of primary amides is 1. The van der Waals surface area contributed by atoms with Crippen molar-refractivity contribution in [2.75, 3.05) is 6.54 Å². The normalized spacial score (nSPS) is 11.0. The van der Waals surface area contributed by atoms with E-state index in [0.29, 0.717) is 6.42 Å². The lowest BCUT2D eigenvalue weighted by Crippen LogP contribution is -2.16. The molecule has 0 aliphatic rings. The van der Waals surface area contributed by atoms with Crippen LogP contribution in [0, 0.1) is 0 Å². The number of nitrogens with zero attached hydrogens (tertiary/aromatic N) is 2. The van der Waals surface area contributed by atoms with E-state index in [0.717, 1.165) is 37.1 Å². The molecule has 102 valence electrons. The van der Waals surface area contributed by atoms with Gasteiger partial charge < -0.3 is 11.1 Å². The molecule has 1 amide bonds. The number of amides is 1. The molecule has 5 heteroatoms. The summed E-state index contributed by atoms with van der Waals surface area (Å²) in [5.41, 5.74) is 7.30. The molecule has 0 radical (unpaired) electrons. The Morgan fingerprint density at radius 2 is 2.16 bits per heavy atom. The third-order valence-electron chi connectivity index (χ3n) is 3.15. The summed E-state index contributed by atoms with van der Waals surface area (Å²) in [6, 6.07) is 8.20. The van der Waals surface area contributed by atoms with Crippen LogP contribution in [-0.4, -0.2) is 22.2 Å². The number of para-hydroxylation sites is 1. The lowest BCUT2D eigenvalue weighted by molar-refractivity contribution is -0.118. The maximum absolute atomic E-state index is 10.6. The Morgan fingerprint density at radius 3 is 2.95 bits per heavy atom. The van der Waals surface area contributed by atoms with E-state index in [1.807, 2.05) is 23.9 Å². The highest BCUT2D eigenvalue weighted by Crippen LogP contribution is 2.16. The summed E-state index contributed by atoms with van der Waals surface area (Å²) in [5.74, 6) is -0.226. The first kappa shape index (κ1) is 13.5. The van der Waals surface area contributed by atoms with Crippen LogP contribution in [0.4, 0.5) is 0 Å². The van der Waals surface area contributed by atoms with Crippen LogP contribution in [0.1, 0.15) is 25.0 Å². The van der Waals surface area contributed by atoms with Gasteiger partial charge in [-0.1, -0.05) is 18.2 Å². The number of carbonyl (C=O) groups excluding carboxylic acids is 1. The topological polar surface area (TPSA) is 72.9 Å². The fourth-order valence-corrected chi connectivity index (χ4v) is 2.18. The Balaban J connectivity index is 1.83. The van der Waals surface area contributed by atoms with Gasteiger partial charge in [-0.25, -0.2) is 0 Å². The molecular formula is C14H20N4O. The first-order chi connectivity index (χ1) is 9.18. The van der Waals surface area contributed by atoms with Gasteiger partial charge in [0.1, 0.15) is 0 Å². The van der Waals surface area contributed by atoms with Crippen molar-refractivity contribution in [2.45, 2.75) is 25.8 Å². The molecule has 0 spiro atoms. The van der Waals surface area contributed by atoms with Crippen molar-refractivity contribution >= 4 is 16.8 Å². The van der Waals surface area contributed by atoms with Crippen LogP contribution in [0.25, 0.3) is 10.9 Å². The van der Waals surface area contributed by atoms with Gasteiger partial charge in [-0.15, -0.1) is 0 Å². The number of aryl methyl sites for hydroxylation is 1. The molecule has 0 unspecified atom stereocenters. The molecule has 5 nitrogen and oxygen atoms in total. The van der Waals surface area contributed by atoms with E-state index in [2.05, 4.69) is 22.5 Å². The highest BCUT2D eigenvalue weighted by molar-refractivity contribution is 5.81. The molecule has 3 N–H and O–H groups in total. The number of unbranched alkanes of at least 4 members (excludes halogenated alkanes) is 1. The summed E-state index contributed by atoms with van der Waals surface area (Å²) < 4.78 is 1.90. The zero-order valence-corrected chi connectivity index (χ0v) is 11.2. The summed E-state index contributed by atoms with van der Waals surface area (Å²) in [6.45, 7) is 1.62. The average Bonchev–Trinajstić information content (AvgIpc) is 2.71. The smallest absolute Gasteiger partial charge is 0.217 e. The number of aromatic nitrogens is 2. The molecule has 0 bridgehead atoms. The van der Waals surface area contributed by atoms with E-state index in [1.54, 1.807) is 0 Å². The Kier molecular flexibility index (Phi) is 4.52. The van der Waals surface area contributed by atoms with Crippen LogP contribution < -0.4 is 11.1 Å². The zero-order chi connectivity index (χ0) is 13.7. The minimum atomic E-state index is -0.226.